The lowest BCUT2D eigenvalue weighted by molar-refractivity contribution is 0.316. The topological polar surface area (TPSA) is 30.5 Å². The van der Waals surface area contributed by atoms with Crippen molar-refractivity contribution >= 4 is 0 Å². The molecular formula is C17H27NO2. The predicted molar refractivity (Wildman–Crippen MR) is 82.8 cm³/mol. The Morgan fingerprint density at radius 3 is 2.65 bits per heavy atom. The third-order valence-corrected chi connectivity index (χ3v) is 4.26. The zero-order valence-electron chi connectivity index (χ0n) is 12.9. The first-order chi connectivity index (χ1) is 9.80. The van der Waals surface area contributed by atoms with E-state index in [9.17, 15) is 0 Å². The molecule has 2 rings (SSSR count). The van der Waals surface area contributed by atoms with Crippen molar-refractivity contribution in [2.75, 3.05) is 20.8 Å². The first kappa shape index (κ1) is 15.2. The summed E-state index contributed by atoms with van der Waals surface area (Å²) in [6.45, 7) is 3.31. The molecule has 0 amide bonds. The van der Waals surface area contributed by atoms with Crippen LogP contribution < -0.4 is 14.8 Å². The minimum absolute atomic E-state index is 0.528. The van der Waals surface area contributed by atoms with Gasteiger partial charge in [-0.2, -0.15) is 0 Å². The molecule has 0 aliphatic heterocycles. The minimum Gasteiger partial charge on any atom is -0.497 e. The van der Waals surface area contributed by atoms with Crippen molar-refractivity contribution in [1.29, 1.82) is 0 Å². The highest BCUT2D eigenvalue weighted by Crippen LogP contribution is 2.39. The summed E-state index contributed by atoms with van der Waals surface area (Å²) in [4.78, 5) is 0. The van der Waals surface area contributed by atoms with Crippen LogP contribution in [0.1, 0.15) is 50.5 Å². The largest absolute Gasteiger partial charge is 0.497 e. The summed E-state index contributed by atoms with van der Waals surface area (Å²) in [6, 6.07) is 6.71. The quantitative estimate of drug-likeness (QED) is 0.859. The van der Waals surface area contributed by atoms with Gasteiger partial charge in [0.15, 0.2) is 0 Å². The average Bonchev–Trinajstić information content (AvgIpc) is 2.52. The number of ether oxygens (including phenoxy) is 2. The van der Waals surface area contributed by atoms with Gasteiger partial charge in [0, 0.05) is 17.5 Å². The van der Waals surface area contributed by atoms with E-state index in [-0.39, 0.29) is 0 Å². The molecule has 0 radical (unpaired) electrons. The molecule has 3 heteroatoms. The van der Waals surface area contributed by atoms with Crippen LogP contribution in [-0.2, 0) is 0 Å². The number of hydrogen-bond donors (Lipinski definition) is 1. The summed E-state index contributed by atoms with van der Waals surface area (Å²) >= 11 is 0. The highest BCUT2D eigenvalue weighted by molar-refractivity contribution is 5.43. The van der Waals surface area contributed by atoms with Crippen LogP contribution in [0.15, 0.2) is 18.2 Å². The lowest BCUT2D eigenvalue weighted by Gasteiger charge is -2.33. The third kappa shape index (κ3) is 3.45. The molecule has 1 aromatic rings. The van der Waals surface area contributed by atoms with Gasteiger partial charge >= 0.3 is 0 Å². The molecule has 1 N–H and O–H groups in total. The molecule has 1 fully saturated rings. The number of benzene rings is 1. The molecule has 0 aromatic heterocycles. The molecule has 0 bridgehead atoms. The average molecular weight is 277 g/mol. The monoisotopic (exact) mass is 277 g/mol. The molecule has 0 heterocycles. The second-order valence-corrected chi connectivity index (χ2v) is 5.56. The van der Waals surface area contributed by atoms with Crippen LogP contribution in [0.3, 0.4) is 0 Å². The normalized spacial score (nSPS) is 22.6. The number of rotatable bonds is 6. The maximum Gasteiger partial charge on any atom is 0.122 e. The Balaban J connectivity index is 2.25. The van der Waals surface area contributed by atoms with Crippen LogP contribution in [0.25, 0.3) is 0 Å². The molecule has 0 saturated heterocycles. The van der Waals surface area contributed by atoms with E-state index in [1.807, 2.05) is 12.1 Å². The van der Waals surface area contributed by atoms with Gasteiger partial charge in [-0.25, -0.2) is 0 Å². The highest BCUT2D eigenvalue weighted by atomic mass is 16.5. The standard InChI is InChI=1S/C17H27NO2/c1-4-11-18-16-8-6-5-7-14(16)15-12-13(19-2)9-10-17(15)20-3/h9-10,12,14,16,18H,4-8,11H2,1-3H3. The third-order valence-electron chi connectivity index (χ3n) is 4.26. The summed E-state index contributed by atoms with van der Waals surface area (Å²) in [7, 11) is 3.47. The molecule has 1 aliphatic carbocycles. The SMILES string of the molecule is CCCNC1CCCCC1c1cc(OC)ccc1OC. The number of methoxy groups -OCH3 is 2. The predicted octanol–water partition coefficient (Wildman–Crippen LogP) is 3.73. The van der Waals surface area contributed by atoms with E-state index >= 15 is 0 Å². The lowest BCUT2D eigenvalue weighted by atomic mass is 9.79. The van der Waals surface area contributed by atoms with Crippen molar-refractivity contribution in [3.05, 3.63) is 23.8 Å². The van der Waals surface area contributed by atoms with Gasteiger partial charge in [0.05, 0.1) is 14.2 Å². The van der Waals surface area contributed by atoms with Gasteiger partial charge in [0.2, 0.25) is 0 Å². The van der Waals surface area contributed by atoms with E-state index in [1.165, 1.54) is 37.7 Å². The second-order valence-electron chi connectivity index (χ2n) is 5.56. The van der Waals surface area contributed by atoms with Gasteiger partial charge in [-0.1, -0.05) is 19.8 Å². The fourth-order valence-electron chi connectivity index (χ4n) is 3.21. The number of nitrogens with one attached hydrogen (secondary N) is 1. The molecule has 112 valence electrons. The van der Waals surface area contributed by atoms with Crippen LogP contribution in [0.5, 0.6) is 11.5 Å². The Morgan fingerprint density at radius 2 is 1.95 bits per heavy atom. The van der Waals surface area contributed by atoms with Crippen molar-refractivity contribution in [2.24, 2.45) is 0 Å². The molecule has 20 heavy (non-hydrogen) atoms. The zero-order valence-corrected chi connectivity index (χ0v) is 12.9. The summed E-state index contributed by atoms with van der Waals surface area (Å²) in [5.74, 6) is 2.43. The van der Waals surface area contributed by atoms with E-state index in [4.69, 9.17) is 9.47 Å². The fourth-order valence-corrected chi connectivity index (χ4v) is 3.21. The lowest BCUT2D eigenvalue weighted by Crippen LogP contribution is -2.37. The van der Waals surface area contributed by atoms with E-state index in [2.05, 4.69) is 18.3 Å². The van der Waals surface area contributed by atoms with Gasteiger partial charge < -0.3 is 14.8 Å². The van der Waals surface area contributed by atoms with Crippen LogP contribution >= 0.6 is 0 Å². The van der Waals surface area contributed by atoms with E-state index in [1.54, 1.807) is 14.2 Å². The highest BCUT2D eigenvalue weighted by Gasteiger charge is 2.28. The van der Waals surface area contributed by atoms with E-state index in [0.29, 0.717) is 12.0 Å². The Kier molecular flexibility index (Phi) is 5.72. The maximum absolute atomic E-state index is 5.57. The van der Waals surface area contributed by atoms with Crippen LogP contribution in [0.2, 0.25) is 0 Å². The Labute approximate surface area is 122 Å². The molecule has 3 nitrogen and oxygen atoms in total. The van der Waals surface area contributed by atoms with E-state index in [0.717, 1.165) is 18.0 Å². The summed E-state index contributed by atoms with van der Waals surface area (Å²) in [5.41, 5.74) is 1.29. The van der Waals surface area contributed by atoms with Gasteiger partial charge in [-0.05, 0) is 44.0 Å². The molecular weight excluding hydrogens is 250 g/mol. The molecule has 2 atom stereocenters. The molecule has 1 aromatic carbocycles. The summed E-state index contributed by atoms with van der Waals surface area (Å²) in [6.07, 6.45) is 6.29. The first-order valence-corrected chi connectivity index (χ1v) is 7.75. The Bertz CT molecular complexity index is 419. The van der Waals surface area contributed by atoms with Gasteiger partial charge in [0.25, 0.3) is 0 Å². The smallest absolute Gasteiger partial charge is 0.122 e. The summed E-state index contributed by atoms with van der Waals surface area (Å²) < 4.78 is 11.0. The van der Waals surface area contributed by atoms with Gasteiger partial charge in [-0.15, -0.1) is 0 Å². The van der Waals surface area contributed by atoms with E-state index < -0.39 is 0 Å². The fraction of sp³-hybridized carbons (Fsp3) is 0.647. The molecule has 1 aliphatic rings. The van der Waals surface area contributed by atoms with Crippen molar-refractivity contribution < 1.29 is 9.47 Å². The molecule has 1 saturated carbocycles. The molecule has 2 unspecified atom stereocenters. The van der Waals surface area contributed by atoms with Crippen LogP contribution in [0.4, 0.5) is 0 Å². The maximum atomic E-state index is 5.57. The van der Waals surface area contributed by atoms with Crippen molar-refractivity contribution in [3.8, 4) is 11.5 Å². The van der Waals surface area contributed by atoms with Crippen molar-refractivity contribution in [3.63, 3.8) is 0 Å². The second kappa shape index (κ2) is 7.53. The minimum atomic E-state index is 0.528. The Hall–Kier alpha value is -1.22. The zero-order chi connectivity index (χ0) is 14.4. The Morgan fingerprint density at radius 1 is 1.15 bits per heavy atom. The van der Waals surface area contributed by atoms with Crippen molar-refractivity contribution in [2.45, 2.75) is 51.0 Å². The molecule has 0 spiro atoms. The summed E-state index contributed by atoms with van der Waals surface area (Å²) in [5, 5.41) is 3.71. The first-order valence-electron chi connectivity index (χ1n) is 7.75. The van der Waals surface area contributed by atoms with Crippen molar-refractivity contribution in [1.82, 2.24) is 5.32 Å². The number of hydrogen-bond acceptors (Lipinski definition) is 3. The van der Waals surface area contributed by atoms with Gasteiger partial charge in [-0.3, -0.25) is 0 Å². The van der Waals surface area contributed by atoms with Gasteiger partial charge in [0.1, 0.15) is 11.5 Å². The van der Waals surface area contributed by atoms with Crippen LogP contribution in [-0.4, -0.2) is 26.8 Å². The van der Waals surface area contributed by atoms with Crippen LogP contribution in [0, 0.1) is 0 Å².